The molecule has 0 aliphatic heterocycles. The number of anilines is 2. The van der Waals surface area contributed by atoms with E-state index in [-0.39, 0.29) is 5.91 Å². The molecule has 0 spiro atoms. The van der Waals surface area contributed by atoms with E-state index in [4.69, 9.17) is 5.73 Å². The quantitative estimate of drug-likeness (QED) is 0.784. The van der Waals surface area contributed by atoms with Crippen LogP contribution in [0.5, 0.6) is 0 Å². The third-order valence-electron chi connectivity index (χ3n) is 3.14. The highest BCUT2D eigenvalue weighted by Crippen LogP contribution is 2.44. The Hall–Kier alpha value is -0.880. The number of carbonyl (C=O) groups is 1. The Morgan fingerprint density at radius 1 is 1.35 bits per heavy atom. The van der Waals surface area contributed by atoms with E-state index in [1.165, 1.54) is 11.3 Å². The van der Waals surface area contributed by atoms with Gasteiger partial charge >= 0.3 is 0 Å². The molecule has 0 atom stereocenters. The average Bonchev–Trinajstić information content (AvgIpc) is 2.75. The third kappa shape index (κ3) is 3.61. The van der Waals surface area contributed by atoms with E-state index >= 15 is 0 Å². The van der Waals surface area contributed by atoms with Gasteiger partial charge in [0.25, 0.3) is 5.91 Å². The van der Waals surface area contributed by atoms with Crippen molar-refractivity contribution in [1.29, 1.82) is 0 Å². The minimum absolute atomic E-state index is 0.0133. The fourth-order valence-electron chi connectivity index (χ4n) is 1.94. The first-order chi connectivity index (χ1) is 9.47. The molecule has 1 heterocycles. The van der Waals surface area contributed by atoms with Crippen LogP contribution in [0.25, 0.3) is 0 Å². The van der Waals surface area contributed by atoms with Crippen LogP contribution in [0.1, 0.15) is 36.4 Å². The SMILES string of the molecule is CCCCN(CC)c1sc(C(=O)N(C)C)c(N)c1SC. The number of carbonyl (C=O) groups excluding carboxylic acids is 1. The van der Waals surface area contributed by atoms with Gasteiger partial charge in [0, 0.05) is 27.2 Å². The number of thioether (sulfide) groups is 1. The fourth-order valence-corrected chi connectivity index (χ4v) is 4.23. The smallest absolute Gasteiger partial charge is 0.265 e. The molecule has 0 unspecified atom stereocenters. The summed E-state index contributed by atoms with van der Waals surface area (Å²) in [6, 6.07) is 0. The second kappa shape index (κ2) is 7.78. The topological polar surface area (TPSA) is 49.6 Å². The number of thiophene rings is 1. The summed E-state index contributed by atoms with van der Waals surface area (Å²) in [5.74, 6) is -0.0133. The first-order valence-corrected chi connectivity index (χ1v) is 8.94. The molecule has 0 aliphatic carbocycles. The summed E-state index contributed by atoms with van der Waals surface area (Å²) in [7, 11) is 3.52. The van der Waals surface area contributed by atoms with Crippen molar-refractivity contribution in [3.8, 4) is 0 Å². The van der Waals surface area contributed by atoms with Crippen molar-refractivity contribution in [3.05, 3.63) is 4.88 Å². The van der Waals surface area contributed by atoms with Crippen molar-refractivity contribution in [3.63, 3.8) is 0 Å². The molecular weight excluding hydrogens is 290 g/mol. The lowest BCUT2D eigenvalue weighted by atomic mass is 10.3. The van der Waals surface area contributed by atoms with Gasteiger partial charge < -0.3 is 15.5 Å². The van der Waals surface area contributed by atoms with Gasteiger partial charge in [-0.1, -0.05) is 13.3 Å². The van der Waals surface area contributed by atoms with Crippen LogP contribution in [0.3, 0.4) is 0 Å². The highest BCUT2D eigenvalue weighted by molar-refractivity contribution is 7.99. The monoisotopic (exact) mass is 315 g/mol. The number of nitrogens with two attached hydrogens (primary N) is 1. The number of unbranched alkanes of at least 4 members (excludes halogenated alkanes) is 1. The van der Waals surface area contributed by atoms with Crippen molar-refractivity contribution < 1.29 is 4.79 Å². The van der Waals surface area contributed by atoms with Gasteiger partial charge in [0.15, 0.2) is 0 Å². The Morgan fingerprint density at radius 2 is 2.00 bits per heavy atom. The van der Waals surface area contributed by atoms with E-state index in [9.17, 15) is 4.79 Å². The molecule has 0 fully saturated rings. The maximum Gasteiger partial charge on any atom is 0.265 e. The lowest BCUT2D eigenvalue weighted by molar-refractivity contribution is 0.0833. The number of hydrogen-bond acceptors (Lipinski definition) is 5. The Balaban J connectivity index is 3.18. The summed E-state index contributed by atoms with van der Waals surface area (Å²) in [6.45, 7) is 6.27. The molecule has 4 nitrogen and oxygen atoms in total. The zero-order valence-corrected chi connectivity index (χ0v) is 14.7. The van der Waals surface area contributed by atoms with Gasteiger partial charge in [0.05, 0.1) is 10.6 Å². The van der Waals surface area contributed by atoms with Gasteiger partial charge in [-0.05, 0) is 19.6 Å². The zero-order chi connectivity index (χ0) is 15.3. The van der Waals surface area contributed by atoms with E-state index in [1.54, 1.807) is 30.8 Å². The van der Waals surface area contributed by atoms with Crippen LogP contribution in [0.15, 0.2) is 4.90 Å². The fraction of sp³-hybridized carbons (Fsp3) is 0.643. The van der Waals surface area contributed by atoms with Crippen molar-refractivity contribution in [2.75, 3.05) is 44.1 Å². The number of nitrogens with zero attached hydrogens (tertiary/aromatic N) is 2. The molecule has 1 aromatic rings. The molecule has 0 bridgehead atoms. The Morgan fingerprint density at radius 3 is 2.45 bits per heavy atom. The minimum Gasteiger partial charge on any atom is -0.396 e. The van der Waals surface area contributed by atoms with E-state index in [0.29, 0.717) is 10.6 Å². The number of rotatable bonds is 7. The first-order valence-electron chi connectivity index (χ1n) is 6.90. The van der Waals surface area contributed by atoms with Gasteiger partial charge in [-0.3, -0.25) is 4.79 Å². The van der Waals surface area contributed by atoms with Crippen molar-refractivity contribution >= 4 is 39.7 Å². The van der Waals surface area contributed by atoms with Crippen molar-refractivity contribution in [2.24, 2.45) is 0 Å². The average molecular weight is 316 g/mol. The minimum atomic E-state index is -0.0133. The largest absolute Gasteiger partial charge is 0.396 e. The lowest BCUT2D eigenvalue weighted by Gasteiger charge is -2.22. The Bertz CT molecular complexity index is 458. The van der Waals surface area contributed by atoms with Crippen LogP contribution >= 0.6 is 23.1 Å². The summed E-state index contributed by atoms with van der Waals surface area (Å²) in [6.07, 6.45) is 4.32. The molecule has 0 aliphatic rings. The van der Waals surface area contributed by atoms with Crippen LogP contribution in [0.2, 0.25) is 0 Å². The van der Waals surface area contributed by atoms with Crippen molar-refractivity contribution in [1.82, 2.24) is 4.90 Å². The summed E-state index contributed by atoms with van der Waals surface area (Å²) in [5, 5.41) is 1.14. The van der Waals surface area contributed by atoms with Crippen LogP contribution in [0, 0.1) is 0 Å². The maximum atomic E-state index is 12.2. The molecule has 0 aromatic carbocycles. The highest BCUT2D eigenvalue weighted by Gasteiger charge is 2.24. The Kier molecular flexibility index (Phi) is 6.68. The van der Waals surface area contributed by atoms with Gasteiger partial charge in [-0.25, -0.2) is 0 Å². The van der Waals surface area contributed by atoms with E-state index < -0.39 is 0 Å². The van der Waals surface area contributed by atoms with E-state index in [1.807, 2.05) is 6.26 Å². The van der Waals surface area contributed by atoms with Crippen LogP contribution in [0.4, 0.5) is 10.7 Å². The molecule has 1 aromatic heterocycles. The number of hydrogen-bond donors (Lipinski definition) is 1. The molecule has 20 heavy (non-hydrogen) atoms. The van der Waals surface area contributed by atoms with Crippen LogP contribution in [-0.4, -0.2) is 44.2 Å². The predicted molar refractivity (Wildman–Crippen MR) is 91.3 cm³/mol. The summed E-state index contributed by atoms with van der Waals surface area (Å²) in [5.41, 5.74) is 6.82. The predicted octanol–water partition coefficient (Wildman–Crippen LogP) is 3.38. The number of amides is 1. The van der Waals surface area contributed by atoms with Gasteiger partial charge in [-0.15, -0.1) is 23.1 Å². The van der Waals surface area contributed by atoms with Crippen molar-refractivity contribution in [2.45, 2.75) is 31.6 Å². The van der Waals surface area contributed by atoms with Gasteiger partial charge in [0.2, 0.25) is 0 Å². The standard InChI is InChI=1S/C14H25N3OS2/c1-6-8-9-17(7-2)14-12(19-5)10(15)11(20-14)13(18)16(3)4/h6-9,15H2,1-5H3. The van der Waals surface area contributed by atoms with Gasteiger partial charge in [-0.2, -0.15) is 0 Å². The zero-order valence-electron chi connectivity index (χ0n) is 13.0. The van der Waals surface area contributed by atoms with E-state index in [0.717, 1.165) is 35.8 Å². The highest BCUT2D eigenvalue weighted by atomic mass is 32.2. The van der Waals surface area contributed by atoms with Crippen LogP contribution < -0.4 is 10.6 Å². The van der Waals surface area contributed by atoms with Gasteiger partial charge in [0.1, 0.15) is 9.88 Å². The first kappa shape index (κ1) is 17.2. The third-order valence-corrected chi connectivity index (χ3v) is 5.34. The van der Waals surface area contributed by atoms with Crippen LogP contribution in [-0.2, 0) is 0 Å². The molecule has 1 amide bonds. The summed E-state index contributed by atoms with van der Waals surface area (Å²) in [4.78, 5) is 17.8. The Labute approximate surface area is 130 Å². The molecule has 6 heteroatoms. The molecule has 0 saturated heterocycles. The molecular formula is C14H25N3OS2. The second-order valence-corrected chi connectivity index (χ2v) is 6.63. The molecule has 0 radical (unpaired) electrons. The summed E-state index contributed by atoms with van der Waals surface area (Å²) < 4.78 is 0. The van der Waals surface area contributed by atoms with E-state index in [2.05, 4.69) is 18.7 Å². The number of nitrogen functional groups attached to an aromatic ring is 1. The summed E-state index contributed by atoms with van der Waals surface area (Å²) >= 11 is 3.14. The molecule has 1 rings (SSSR count). The molecule has 114 valence electrons. The molecule has 0 saturated carbocycles. The molecule has 2 N–H and O–H groups in total. The second-order valence-electron chi connectivity index (χ2n) is 4.82. The maximum absolute atomic E-state index is 12.2. The lowest BCUT2D eigenvalue weighted by Crippen LogP contribution is -2.23. The normalized spacial score (nSPS) is 10.7.